The van der Waals surface area contributed by atoms with Crippen molar-refractivity contribution in [2.75, 3.05) is 27.2 Å². The average Bonchev–Trinajstić information content (AvgIpc) is 3.57. The van der Waals surface area contributed by atoms with E-state index in [1.165, 1.54) is 7.11 Å². The summed E-state index contributed by atoms with van der Waals surface area (Å²) in [5.41, 5.74) is 6.96. The van der Waals surface area contributed by atoms with Crippen molar-refractivity contribution in [1.82, 2.24) is 15.1 Å². The number of alkyl halides is 3. The molecule has 0 spiro atoms. The third-order valence-electron chi connectivity index (χ3n) is 10.3. The van der Waals surface area contributed by atoms with Crippen LogP contribution in [0.25, 0.3) is 0 Å². The Morgan fingerprint density at radius 3 is 2.00 bits per heavy atom. The van der Waals surface area contributed by atoms with E-state index >= 15 is 0 Å². The molecule has 5 atom stereocenters. The van der Waals surface area contributed by atoms with Crippen molar-refractivity contribution in [3.05, 3.63) is 101 Å². The fraction of sp³-hybridized carbons (Fsp3) is 0.535. The summed E-state index contributed by atoms with van der Waals surface area (Å²) in [6.45, 7) is 12.0. The Morgan fingerprint density at radius 1 is 0.839 bits per heavy atom. The lowest BCUT2D eigenvalue weighted by Gasteiger charge is -2.52. The minimum Gasteiger partial charge on any atom is -0.496 e. The second kappa shape index (κ2) is 17.0. The van der Waals surface area contributed by atoms with Crippen LogP contribution in [0, 0.1) is 0 Å². The quantitative estimate of drug-likeness (QED) is 0.264. The number of nitrogens with one attached hydrogen (secondary N) is 1. The van der Waals surface area contributed by atoms with E-state index in [1.54, 1.807) is 49.8 Å². The molecule has 3 aromatic carbocycles. The topological polar surface area (TPSA) is 116 Å². The molecule has 0 saturated carbocycles. The molecule has 2 amide bonds. The van der Waals surface area contributed by atoms with E-state index in [4.69, 9.17) is 24.7 Å². The first-order valence-corrected chi connectivity index (χ1v) is 19.2. The molecule has 3 N–H and O–H groups in total. The zero-order valence-corrected chi connectivity index (χ0v) is 33.7. The first-order chi connectivity index (χ1) is 26.3. The number of nitrogens with two attached hydrogens (primary N) is 1. The standard InChI is InChI=1S/C27H33F3N2O4.C16H24N2O2/c1-25(2,3)36-24(33)32-13-9-12-21(26(32,31-4)18-10-7-6-8-11-18)20-15-19-17(14-22(20)34-5)16-35-23(19)27(28,29)30;1-16(2,3)20-15(19)18-11-7-10-13(17)14(18)12-8-5-4-6-9-12/h6-8,10-11,14-15,21,23,31H,9,12-13,16H2,1-5H3;4-6,8-9,13-14H,7,10-11,17H2,1-3H3/t21-,23?,26+;13-,14-/m00/s1. The van der Waals surface area contributed by atoms with Crippen LogP contribution in [0.15, 0.2) is 72.8 Å². The summed E-state index contributed by atoms with van der Waals surface area (Å²) < 4.78 is 63.4. The Morgan fingerprint density at radius 2 is 1.43 bits per heavy atom. The number of halogens is 3. The van der Waals surface area contributed by atoms with Gasteiger partial charge in [0.25, 0.3) is 0 Å². The van der Waals surface area contributed by atoms with Gasteiger partial charge in [-0.1, -0.05) is 60.7 Å². The molecule has 306 valence electrons. The van der Waals surface area contributed by atoms with Gasteiger partial charge in [-0.05, 0) is 109 Å². The minimum absolute atomic E-state index is 0.0429. The van der Waals surface area contributed by atoms with Crippen LogP contribution < -0.4 is 15.8 Å². The van der Waals surface area contributed by atoms with Crippen molar-refractivity contribution in [3.63, 3.8) is 0 Å². The maximum atomic E-state index is 13.8. The Kier molecular flexibility index (Phi) is 13.0. The summed E-state index contributed by atoms with van der Waals surface area (Å²) in [6, 6.07) is 22.5. The molecule has 6 rings (SSSR count). The lowest BCUT2D eigenvalue weighted by molar-refractivity contribution is -0.219. The highest BCUT2D eigenvalue weighted by molar-refractivity contribution is 5.71. The number of fused-ring (bicyclic) bond motifs is 1. The molecule has 0 bridgehead atoms. The van der Waals surface area contributed by atoms with Crippen LogP contribution in [0.1, 0.15) is 113 Å². The summed E-state index contributed by atoms with van der Waals surface area (Å²) in [5.74, 6) is 0.0349. The molecule has 10 nitrogen and oxygen atoms in total. The first kappa shape index (κ1) is 42.8. The van der Waals surface area contributed by atoms with E-state index in [0.717, 1.165) is 24.0 Å². The molecule has 2 fully saturated rings. The van der Waals surface area contributed by atoms with Gasteiger partial charge in [0.2, 0.25) is 0 Å². The van der Waals surface area contributed by atoms with Crippen molar-refractivity contribution in [2.24, 2.45) is 5.73 Å². The number of likely N-dealkylation sites (tertiary alicyclic amines) is 2. The summed E-state index contributed by atoms with van der Waals surface area (Å²) in [6.07, 6.45) is -4.21. The zero-order chi connectivity index (χ0) is 41.1. The number of methoxy groups -OCH3 is 1. The minimum atomic E-state index is -4.54. The lowest BCUT2D eigenvalue weighted by Crippen LogP contribution is -2.63. The number of benzene rings is 3. The average molecular weight is 783 g/mol. The number of rotatable bonds is 5. The van der Waals surface area contributed by atoms with Crippen molar-refractivity contribution >= 4 is 12.2 Å². The molecule has 0 aliphatic carbocycles. The third kappa shape index (κ3) is 9.44. The maximum absolute atomic E-state index is 13.8. The van der Waals surface area contributed by atoms with Crippen molar-refractivity contribution in [1.29, 1.82) is 0 Å². The van der Waals surface area contributed by atoms with Crippen LogP contribution in [-0.4, -0.2) is 72.7 Å². The van der Waals surface area contributed by atoms with E-state index in [0.29, 0.717) is 42.8 Å². The Hall–Kier alpha value is -4.33. The molecule has 13 heteroatoms. The van der Waals surface area contributed by atoms with E-state index < -0.39 is 41.2 Å². The number of piperidine rings is 2. The van der Waals surface area contributed by atoms with Crippen molar-refractivity contribution in [3.8, 4) is 5.75 Å². The van der Waals surface area contributed by atoms with Gasteiger partial charge in [0.15, 0.2) is 6.10 Å². The number of carbonyl (C=O) groups is 2. The number of amides is 2. The van der Waals surface area contributed by atoms with Gasteiger partial charge in [-0.3, -0.25) is 15.1 Å². The number of likely N-dealkylation sites (N-methyl/N-ethyl adjacent to an activating group) is 1. The molecular formula is C43H57F3N4O6. The highest BCUT2D eigenvalue weighted by Gasteiger charge is 2.53. The lowest BCUT2D eigenvalue weighted by atomic mass is 9.73. The zero-order valence-electron chi connectivity index (χ0n) is 33.7. The second-order valence-electron chi connectivity index (χ2n) is 16.6. The van der Waals surface area contributed by atoms with Gasteiger partial charge in [0.05, 0.1) is 19.8 Å². The molecular weight excluding hydrogens is 725 g/mol. The SMILES string of the molecule is CC(C)(C)OC(=O)N1CCC[C@H](N)[C@@H]1c1ccccc1.CN[C@@]1(c2ccccc2)[C@H](c2cc3c(cc2OC)COC3C(F)(F)F)CCCN1C(=O)OC(C)(C)C. The van der Waals surface area contributed by atoms with Gasteiger partial charge in [-0.15, -0.1) is 0 Å². The molecule has 1 unspecified atom stereocenters. The van der Waals surface area contributed by atoms with Crippen LogP contribution >= 0.6 is 0 Å². The van der Waals surface area contributed by atoms with Crippen LogP contribution in [0.2, 0.25) is 0 Å². The molecule has 2 saturated heterocycles. The molecule has 3 aliphatic heterocycles. The first-order valence-electron chi connectivity index (χ1n) is 19.2. The Labute approximate surface area is 328 Å². The van der Waals surface area contributed by atoms with Crippen LogP contribution in [0.5, 0.6) is 5.75 Å². The number of nitrogens with zero attached hydrogens (tertiary/aromatic N) is 2. The fourth-order valence-electron chi connectivity index (χ4n) is 8.10. The second-order valence-corrected chi connectivity index (χ2v) is 16.6. The van der Waals surface area contributed by atoms with Crippen molar-refractivity contribution in [2.45, 2.75) is 121 Å². The molecule has 0 aromatic heterocycles. The van der Waals surface area contributed by atoms with Gasteiger partial charge in [0, 0.05) is 30.6 Å². The van der Waals surface area contributed by atoms with Gasteiger partial charge >= 0.3 is 18.4 Å². The summed E-state index contributed by atoms with van der Waals surface area (Å²) >= 11 is 0. The van der Waals surface area contributed by atoms with E-state index in [2.05, 4.69) is 5.32 Å². The van der Waals surface area contributed by atoms with Gasteiger partial charge < -0.3 is 24.7 Å². The summed E-state index contributed by atoms with van der Waals surface area (Å²) in [4.78, 5) is 29.3. The van der Waals surface area contributed by atoms with Gasteiger partial charge in [0.1, 0.15) is 22.6 Å². The number of hydrogen-bond donors (Lipinski definition) is 2. The summed E-state index contributed by atoms with van der Waals surface area (Å²) in [5, 5.41) is 3.38. The van der Waals surface area contributed by atoms with E-state index in [-0.39, 0.29) is 30.3 Å². The number of hydrogen-bond acceptors (Lipinski definition) is 8. The molecule has 56 heavy (non-hydrogen) atoms. The third-order valence-corrected chi connectivity index (χ3v) is 10.3. The van der Waals surface area contributed by atoms with Gasteiger partial charge in [-0.2, -0.15) is 13.2 Å². The predicted octanol–water partition coefficient (Wildman–Crippen LogP) is 9.10. The highest BCUT2D eigenvalue weighted by Crippen LogP contribution is 2.52. The predicted molar refractivity (Wildman–Crippen MR) is 208 cm³/mol. The monoisotopic (exact) mass is 782 g/mol. The number of ether oxygens (including phenoxy) is 4. The smallest absolute Gasteiger partial charge is 0.418 e. The molecule has 3 aliphatic rings. The maximum Gasteiger partial charge on any atom is 0.418 e. The van der Waals surface area contributed by atoms with Crippen LogP contribution in [0.3, 0.4) is 0 Å². The fourth-order valence-corrected chi connectivity index (χ4v) is 8.10. The number of carbonyl (C=O) groups excluding carboxylic acids is 2. The highest BCUT2D eigenvalue weighted by atomic mass is 19.4. The molecule has 0 radical (unpaired) electrons. The van der Waals surface area contributed by atoms with Gasteiger partial charge in [-0.25, -0.2) is 9.59 Å². The Bertz CT molecular complexity index is 1800. The molecule has 3 aromatic rings. The largest absolute Gasteiger partial charge is 0.496 e. The van der Waals surface area contributed by atoms with Crippen molar-refractivity contribution < 1.29 is 41.7 Å². The van der Waals surface area contributed by atoms with E-state index in [1.807, 2.05) is 81.4 Å². The van der Waals surface area contributed by atoms with Crippen LogP contribution in [-0.2, 0) is 26.5 Å². The molecule has 3 heterocycles. The summed E-state index contributed by atoms with van der Waals surface area (Å²) in [7, 11) is 3.25. The Balaban J connectivity index is 0.000000253. The van der Waals surface area contributed by atoms with E-state index in [9.17, 15) is 22.8 Å². The van der Waals surface area contributed by atoms with Crippen LogP contribution in [0.4, 0.5) is 22.8 Å². The normalized spacial score (nSPS) is 24.1.